The molecule has 6 nitrogen and oxygen atoms in total. The van der Waals surface area contributed by atoms with E-state index < -0.39 is 0 Å². The van der Waals surface area contributed by atoms with Crippen molar-refractivity contribution in [2.45, 2.75) is 18.9 Å². The Morgan fingerprint density at radius 3 is 2.94 bits per heavy atom. The second-order valence-corrected chi connectivity index (χ2v) is 9.45. The van der Waals surface area contributed by atoms with Gasteiger partial charge in [-0.05, 0) is 64.2 Å². The Balaban J connectivity index is 1.54. The highest BCUT2D eigenvalue weighted by molar-refractivity contribution is 9.10. The van der Waals surface area contributed by atoms with Crippen molar-refractivity contribution in [3.8, 4) is 11.5 Å². The number of methoxy groups -OCH3 is 2. The SMILES string of the molecule is COc1ccc(CC2c3scc(Br)c3CCN2C(=O)c2c[nH]c3ncccc23)cc1OC. The van der Waals surface area contributed by atoms with Crippen LogP contribution in [0.15, 0.2) is 52.6 Å². The molecule has 3 aromatic heterocycles. The zero-order valence-corrected chi connectivity index (χ0v) is 20.1. The molecule has 1 atom stereocenters. The maximum absolute atomic E-state index is 13.7. The lowest BCUT2D eigenvalue weighted by Crippen LogP contribution is -2.40. The number of fused-ring (bicyclic) bond motifs is 2. The van der Waals surface area contributed by atoms with Crippen LogP contribution in [0.4, 0.5) is 0 Å². The number of aromatic nitrogens is 2. The molecule has 164 valence electrons. The molecule has 0 aliphatic carbocycles. The number of halogens is 1. The fourth-order valence-corrected chi connectivity index (χ4v) is 6.31. The van der Waals surface area contributed by atoms with Gasteiger partial charge in [-0.15, -0.1) is 11.3 Å². The number of nitrogens with one attached hydrogen (secondary N) is 1. The Bertz CT molecular complexity index is 1300. The second-order valence-electron chi connectivity index (χ2n) is 7.69. The summed E-state index contributed by atoms with van der Waals surface area (Å²) in [7, 11) is 3.27. The lowest BCUT2D eigenvalue weighted by atomic mass is 9.94. The summed E-state index contributed by atoms with van der Waals surface area (Å²) in [5, 5.41) is 2.97. The van der Waals surface area contributed by atoms with Crippen LogP contribution in [-0.2, 0) is 12.8 Å². The first-order valence-corrected chi connectivity index (χ1v) is 12.0. The third-order valence-electron chi connectivity index (χ3n) is 5.98. The van der Waals surface area contributed by atoms with Gasteiger partial charge in [0, 0.05) is 39.1 Å². The lowest BCUT2D eigenvalue weighted by Gasteiger charge is -2.36. The van der Waals surface area contributed by atoms with Gasteiger partial charge in [-0.25, -0.2) is 4.98 Å². The van der Waals surface area contributed by atoms with E-state index in [1.54, 1.807) is 38.0 Å². The van der Waals surface area contributed by atoms with E-state index in [9.17, 15) is 4.79 Å². The third-order valence-corrected chi connectivity index (χ3v) is 8.11. The summed E-state index contributed by atoms with van der Waals surface area (Å²) < 4.78 is 12.0. The summed E-state index contributed by atoms with van der Waals surface area (Å²) >= 11 is 5.39. The topological polar surface area (TPSA) is 67.5 Å². The molecule has 0 radical (unpaired) electrons. The molecule has 1 aromatic carbocycles. The lowest BCUT2D eigenvalue weighted by molar-refractivity contribution is 0.0666. The van der Waals surface area contributed by atoms with Crippen LogP contribution in [0.25, 0.3) is 11.0 Å². The van der Waals surface area contributed by atoms with Crippen LogP contribution in [0, 0.1) is 0 Å². The Hall–Kier alpha value is -2.84. The molecule has 0 saturated carbocycles. The summed E-state index contributed by atoms with van der Waals surface area (Å²) in [4.78, 5) is 24.4. The number of H-pyrrole nitrogens is 1. The maximum Gasteiger partial charge on any atom is 0.256 e. The molecule has 0 fully saturated rings. The van der Waals surface area contributed by atoms with Gasteiger partial charge in [0.2, 0.25) is 0 Å². The molecular weight excluding hydrogens is 490 g/mol. The summed E-state index contributed by atoms with van der Waals surface area (Å²) in [5.41, 5.74) is 3.77. The standard InChI is InChI=1S/C24H22BrN3O3S/c1-30-20-6-5-14(11-21(20)31-2)10-19-22-16(18(25)13-32-22)7-9-28(19)24(29)17-12-27-23-15(17)4-3-8-26-23/h3-6,8,11-13,19H,7,9-10H2,1-2H3,(H,26,27). The van der Waals surface area contributed by atoms with Crippen molar-refractivity contribution in [3.63, 3.8) is 0 Å². The molecule has 32 heavy (non-hydrogen) atoms. The van der Waals surface area contributed by atoms with Gasteiger partial charge < -0.3 is 19.4 Å². The van der Waals surface area contributed by atoms with E-state index >= 15 is 0 Å². The first-order chi connectivity index (χ1) is 15.6. The highest BCUT2D eigenvalue weighted by Crippen LogP contribution is 2.42. The minimum Gasteiger partial charge on any atom is -0.493 e. The fourth-order valence-electron chi connectivity index (χ4n) is 4.39. The average molecular weight is 512 g/mol. The van der Waals surface area contributed by atoms with E-state index in [-0.39, 0.29) is 11.9 Å². The number of aromatic amines is 1. The number of nitrogens with zero attached hydrogens (tertiary/aromatic N) is 2. The molecule has 1 unspecified atom stereocenters. The summed E-state index contributed by atoms with van der Waals surface area (Å²) in [6.07, 6.45) is 5.01. The van der Waals surface area contributed by atoms with E-state index in [1.807, 2.05) is 35.2 Å². The highest BCUT2D eigenvalue weighted by Gasteiger charge is 2.34. The third kappa shape index (κ3) is 3.57. The van der Waals surface area contributed by atoms with Crippen molar-refractivity contribution < 1.29 is 14.3 Å². The number of ether oxygens (including phenoxy) is 2. The molecule has 0 spiro atoms. The first kappa shape index (κ1) is 21.0. The number of hydrogen-bond acceptors (Lipinski definition) is 5. The summed E-state index contributed by atoms with van der Waals surface area (Å²) in [6, 6.07) is 9.68. The van der Waals surface area contributed by atoms with Crippen molar-refractivity contribution >= 4 is 44.2 Å². The van der Waals surface area contributed by atoms with E-state index in [1.165, 1.54) is 10.4 Å². The van der Waals surface area contributed by atoms with Crippen molar-refractivity contribution in [2.75, 3.05) is 20.8 Å². The van der Waals surface area contributed by atoms with Crippen LogP contribution in [0.3, 0.4) is 0 Å². The number of benzene rings is 1. The van der Waals surface area contributed by atoms with E-state index in [0.717, 1.165) is 27.5 Å². The molecule has 0 bridgehead atoms. The molecule has 1 amide bonds. The van der Waals surface area contributed by atoms with Crippen LogP contribution in [0.1, 0.15) is 32.4 Å². The van der Waals surface area contributed by atoms with Gasteiger partial charge in [0.05, 0.1) is 25.8 Å². The van der Waals surface area contributed by atoms with Gasteiger partial charge in [0.15, 0.2) is 11.5 Å². The molecule has 0 saturated heterocycles. The van der Waals surface area contributed by atoms with Crippen molar-refractivity contribution in [2.24, 2.45) is 0 Å². The quantitative estimate of drug-likeness (QED) is 0.390. The Kier molecular flexibility index (Phi) is 5.65. The summed E-state index contributed by atoms with van der Waals surface area (Å²) in [5.74, 6) is 1.40. The van der Waals surface area contributed by atoms with E-state index in [4.69, 9.17) is 9.47 Å². The molecule has 1 aliphatic heterocycles. The van der Waals surface area contributed by atoms with Gasteiger partial charge in [0.1, 0.15) is 5.65 Å². The zero-order chi connectivity index (χ0) is 22.2. The largest absolute Gasteiger partial charge is 0.493 e. The molecule has 1 aliphatic rings. The number of amides is 1. The minimum atomic E-state index is -0.0673. The predicted octanol–water partition coefficient (Wildman–Crippen LogP) is 5.39. The highest BCUT2D eigenvalue weighted by atomic mass is 79.9. The number of thiophene rings is 1. The smallest absolute Gasteiger partial charge is 0.256 e. The van der Waals surface area contributed by atoms with Crippen LogP contribution in [-0.4, -0.2) is 41.5 Å². The fraction of sp³-hybridized carbons (Fsp3) is 0.250. The number of pyridine rings is 1. The Morgan fingerprint density at radius 1 is 1.28 bits per heavy atom. The minimum absolute atomic E-state index is 0.0184. The first-order valence-electron chi connectivity index (χ1n) is 10.3. The normalized spacial score (nSPS) is 15.6. The molecule has 5 rings (SSSR count). The Morgan fingerprint density at radius 2 is 2.12 bits per heavy atom. The van der Waals surface area contributed by atoms with Crippen LogP contribution < -0.4 is 9.47 Å². The zero-order valence-electron chi connectivity index (χ0n) is 17.7. The van der Waals surface area contributed by atoms with Crippen molar-refractivity contribution in [1.82, 2.24) is 14.9 Å². The molecule has 4 aromatic rings. The van der Waals surface area contributed by atoms with E-state index in [2.05, 4.69) is 31.3 Å². The average Bonchev–Trinajstić information content (AvgIpc) is 3.43. The van der Waals surface area contributed by atoms with Crippen LogP contribution in [0.5, 0.6) is 11.5 Å². The van der Waals surface area contributed by atoms with Gasteiger partial charge in [0.25, 0.3) is 5.91 Å². The van der Waals surface area contributed by atoms with Gasteiger partial charge in [-0.1, -0.05) is 6.07 Å². The summed E-state index contributed by atoms with van der Waals surface area (Å²) in [6.45, 7) is 0.659. The monoisotopic (exact) mass is 511 g/mol. The predicted molar refractivity (Wildman–Crippen MR) is 129 cm³/mol. The molecule has 1 N–H and O–H groups in total. The van der Waals surface area contributed by atoms with Crippen LogP contribution in [0.2, 0.25) is 0 Å². The number of carbonyl (C=O) groups is 1. The molecule has 4 heterocycles. The van der Waals surface area contributed by atoms with Gasteiger partial charge in [-0.2, -0.15) is 0 Å². The van der Waals surface area contributed by atoms with Gasteiger partial charge in [-0.3, -0.25) is 4.79 Å². The molecule has 8 heteroatoms. The Labute approximate surface area is 198 Å². The number of rotatable bonds is 5. The van der Waals surface area contributed by atoms with Crippen LogP contribution >= 0.6 is 27.3 Å². The van der Waals surface area contributed by atoms with E-state index in [0.29, 0.717) is 30.0 Å². The molecular formula is C24H22BrN3O3S. The second kappa shape index (κ2) is 8.60. The number of carbonyl (C=O) groups excluding carboxylic acids is 1. The number of hydrogen-bond donors (Lipinski definition) is 1. The van der Waals surface area contributed by atoms with Crippen molar-refractivity contribution in [3.05, 3.63) is 74.1 Å². The maximum atomic E-state index is 13.7. The van der Waals surface area contributed by atoms with Crippen molar-refractivity contribution in [1.29, 1.82) is 0 Å². The van der Waals surface area contributed by atoms with Gasteiger partial charge >= 0.3 is 0 Å².